The molecule has 2 nitrogen and oxygen atoms in total. The highest BCUT2D eigenvalue weighted by atomic mass is 35.5. The van der Waals surface area contributed by atoms with E-state index in [2.05, 4.69) is 4.98 Å². The van der Waals surface area contributed by atoms with Crippen LogP contribution in [0.4, 0.5) is 0 Å². The predicted molar refractivity (Wildman–Crippen MR) is 65.0 cm³/mol. The number of aldehydes is 1. The summed E-state index contributed by atoms with van der Waals surface area (Å²) in [7, 11) is 0. The first kappa shape index (κ1) is 11.0. The van der Waals surface area contributed by atoms with E-state index in [-0.39, 0.29) is 0 Å². The van der Waals surface area contributed by atoms with E-state index in [1.54, 1.807) is 6.07 Å². The predicted octanol–water partition coefficient (Wildman–Crippen LogP) is 3.27. The number of hydrogen-bond acceptors (Lipinski definition) is 1. The molecule has 0 amide bonds. The maximum atomic E-state index is 10.5. The van der Waals surface area contributed by atoms with E-state index in [1.165, 1.54) is 0 Å². The number of nitrogens with one attached hydrogen (secondary N) is 1. The van der Waals surface area contributed by atoms with E-state index in [9.17, 15) is 4.79 Å². The molecule has 1 aromatic heterocycles. The minimum absolute atomic E-state index is 0.620. The van der Waals surface area contributed by atoms with Gasteiger partial charge in [-0.2, -0.15) is 0 Å². The first-order valence-corrected chi connectivity index (χ1v) is 5.54. The van der Waals surface area contributed by atoms with Gasteiger partial charge in [-0.15, -0.1) is 0 Å². The third kappa shape index (κ3) is 2.52. The van der Waals surface area contributed by atoms with E-state index in [1.807, 2.05) is 30.3 Å². The van der Waals surface area contributed by atoms with Crippen LogP contribution >= 0.6 is 11.6 Å². The molecular weight excluding hydrogens is 222 g/mol. The normalized spacial score (nSPS) is 10.3. The standard InChI is InChI=1S/C13H12ClNO/c14-13-4-2-1-3-10(13)5-6-11-7-8-12(9-16)15-11/h1-4,7-9,15H,5-6H2. The number of carbonyl (C=O) groups excluding carboxylic acids is 1. The minimum Gasteiger partial charge on any atom is -0.356 e. The molecule has 0 bridgehead atoms. The average Bonchev–Trinajstić information content (AvgIpc) is 2.76. The minimum atomic E-state index is 0.620. The van der Waals surface area contributed by atoms with Gasteiger partial charge in [0.15, 0.2) is 6.29 Å². The third-order valence-corrected chi connectivity index (χ3v) is 2.89. The first-order chi connectivity index (χ1) is 7.79. The number of aromatic nitrogens is 1. The number of H-pyrrole nitrogens is 1. The Hall–Kier alpha value is -1.54. The van der Waals surface area contributed by atoms with E-state index >= 15 is 0 Å². The molecule has 2 rings (SSSR count). The number of rotatable bonds is 4. The number of halogens is 1. The topological polar surface area (TPSA) is 32.9 Å². The van der Waals surface area contributed by atoms with Crippen molar-refractivity contribution in [3.8, 4) is 0 Å². The Labute approximate surface area is 99.3 Å². The van der Waals surface area contributed by atoms with E-state index < -0.39 is 0 Å². The molecule has 1 heterocycles. The van der Waals surface area contributed by atoms with Crippen LogP contribution in [0.15, 0.2) is 36.4 Å². The summed E-state index contributed by atoms with van der Waals surface area (Å²) < 4.78 is 0. The molecule has 1 N–H and O–H groups in total. The largest absolute Gasteiger partial charge is 0.356 e. The lowest BCUT2D eigenvalue weighted by molar-refractivity contribution is 0.111. The van der Waals surface area contributed by atoms with Gasteiger partial charge in [0, 0.05) is 10.7 Å². The smallest absolute Gasteiger partial charge is 0.166 e. The summed E-state index contributed by atoms with van der Waals surface area (Å²) in [6.45, 7) is 0. The van der Waals surface area contributed by atoms with Crippen molar-refractivity contribution in [2.24, 2.45) is 0 Å². The summed E-state index contributed by atoms with van der Waals surface area (Å²) in [6.07, 6.45) is 2.55. The monoisotopic (exact) mass is 233 g/mol. The number of hydrogen-bond donors (Lipinski definition) is 1. The lowest BCUT2D eigenvalue weighted by Gasteiger charge is -2.02. The molecule has 3 heteroatoms. The van der Waals surface area contributed by atoms with Crippen LogP contribution in [0.1, 0.15) is 21.7 Å². The number of aryl methyl sites for hydroxylation is 2. The average molecular weight is 234 g/mol. The van der Waals surface area contributed by atoms with Gasteiger partial charge >= 0.3 is 0 Å². The summed E-state index contributed by atoms with van der Waals surface area (Å²) >= 11 is 6.06. The van der Waals surface area contributed by atoms with Crippen LogP contribution in [0.3, 0.4) is 0 Å². The Morgan fingerprint density at radius 3 is 2.62 bits per heavy atom. The van der Waals surface area contributed by atoms with Crippen LogP contribution in [-0.4, -0.2) is 11.3 Å². The second-order valence-corrected chi connectivity index (χ2v) is 4.06. The lowest BCUT2D eigenvalue weighted by Crippen LogP contribution is -1.92. The fourth-order valence-corrected chi connectivity index (χ4v) is 1.87. The molecule has 0 aliphatic rings. The van der Waals surface area contributed by atoms with Crippen LogP contribution in [0.2, 0.25) is 5.02 Å². The highest BCUT2D eigenvalue weighted by Crippen LogP contribution is 2.17. The van der Waals surface area contributed by atoms with Crippen molar-refractivity contribution < 1.29 is 4.79 Å². The summed E-state index contributed by atoms with van der Waals surface area (Å²) in [5, 5.41) is 0.796. The van der Waals surface area contributed by atoms with Crippen molar-refractivity contribution in [1.82, 2.24) is 4.98 Å². The molecule has 0 saturated carbocycles. The maximum Gasteiger partial charge on any atom is 0.166 e. The Balaban J connectivity index is 2.02. The van der Waals surface area contributed by atoms with Gasteiger partial charge in [-0.05, 0) is 36.6 Å². The van der Waals surface area contributed by atoms with Gasteiger partial charge < -0.3 is 4.98 Å². The van der Waals surface area contributed by atoms with Gasteiger partial charge in [-0.3, -0.25) is 4.79 Å². The molecule has 0 unspecified atom stereocenters. The Morgan fingerprint density at radius 1 is 1.12 bits per heavy atom. The fourth-order valence-electron chi connectivity index (χ4n) is 1.64. The first-order valence-electron chi connectivity index (χ1n) is 5.16. The van der Waals surface area contributed by atoms with Gasteiger partial charge in [-0.1, -0.05) is 29.8 Å². The molecule has 16 heavy (non-hydrogen) atoms. The van der Waals surface area contributed by atoms with Crippen LogP contribution in [-0.2, 0) is 12.8 Å². The van der Waals surface area contributed by atoms with Gasteiger partial charge in [-0.25, -0.2) is 0 Å². The van der Waals surface area contributed by atoms with Crippen LogP contribution in [0, 0.1) is 0 Å². The zero-order chi connectivity index (χ0) is 11.4. The van der Waals surface area contributed by atoms with Gasteiger partial charge in [0.25, 0.3) is 0 Å². The SMILES string of the molecule is O=Cc1ccc(CCc2ccccc2Cl)[nH]1. The molecule has 2 aromatic rings. The van der Waals surface area contributed by atoms with E-state index in [0.29, 0.717) is 5.69 Å². The van der Waals surface area contributed by atoms with Gasteiger partial charge in [0.1, 0.15) is 0 Å². The highest BCUT2D eigenvalue weighted by molar-refractivity contribution is 6.31. The Kier molecular flexibility index (Phi) is 3.42. The molecule has 82 valence electrons. The number of aromatic amines is 1. The zero-order valence-electron chi connectivity index (χ0n) is 8.74. The summed E-state index contributed by atoms with van der Waals surface area (Å²) in [4.78, 5) is 13.5. The quantitative estimate of drug-likeness (QED) is 0.808. The van der Waals surface area contributed by atoms with E-state index in [0.717, 1.165) is 35.4 Å². The van der Waals surface area contributed by atoms with Crippen molar-refractivity contribution >= 4 is 17.9 Å². The third-order valence-electron chi connectivity index (χ3n) is 2.52. The second-order valence-electron chi connectivity index (χ2n) is 3.65. The Morgan fingerprint density at radius 2 is 1.94 bits per heavy atom. The van der Waals surface area contributed by atoms with E-state index in [4.69, 9.17) is 11.6 Å². The molecular formula is C13H12ClNO. The molecule has 0 aliphatic heterocycles. The summed E-state index contributed by atoms with van der Waals surface area (Å²) in [5.74, 6) is 0. The van der Waals surface area contributed by atoms with Crippen molar-refractivity contribution in [3.63, 3.8) is 0 Å². The summed E-state index contributed by atoms with van der Waals surface area (Å²) in [5.41, 5.74) is 2.81. The van der Waals surface area contributed by atoms with Crippen LogP contribution in [0.25, 0.3) is 0 Å². The van der Waals surface area contributed by atoms with Crippen molar-refractivity contribution in [3.05, 3.63) is 58.4 Å². The molecule has 0 spiro atoms. The molecule has 0 radical (unpaired) electrons. The molecule has 0 aliphatic carbocycles. The molecule has 0 fully saturated rings. The van der Waals surface area contributed by atoms with Gasteiger partial charge in [0.2, 0.25) is 0 Å². The number of carbonyl (C=O) groups is 1. The van der Waals surface area contributed by atoms with Gasteiger partial charge in [0.05, 0.1) is 5.69 Å². The van der Waals surface area contributed by atoms with Crippen LogP contribution in [0.5, 0.6) is 0 Å². The zero-order valence-corrected chi connectivity index (χ0v) is 9.50. The van der Waals surface area contributed by atoms with Crippen LogP contribution < -0.4 is 0 Å². The number of benzene rings is 1. The molecule has 1 aromatic carbocycles. The summed E-state index contributed by atoms with van der Waals surface area (Å²) in [6, 6.07) is 11.5. The fraction of sp³-hybridized carbons (Fsp3) is 0.154. The lowest BCUT2D eigenvalue weighted by atomic mass is 10.1. The Bertz CT molecular complexity index is 490. The molecule has 0 atom stereocenters. The van der Waals surface area contributed by atoms with Crippen molar-refractivity contribution in [1.29, 1.82) is 0 Å². The highest BCUT2D eigenvalue weighted by Gasteiger charge is 2.01. The van der Waals surface area contributed by atoms with Crippen molar-refractivity contribution in [2.45, 2.75) is 12.8 Å². The molecule has 0 saturated heterocycles. The van der Waals surface area contributed by atoms with Crippen molar-refractivity contribution in [2.75, 3.05) is 0 Å². The maximum absolute atomic E-state index is 10.5. The second kappa shape index (κ2) is 4.99.